The number of nitrogens with one attached hydrogen (secondary N) is 1. The smallest absolute Gasteiger partial charge is 0.255 e. The lowest BCUT2D eigenvalue weighted by atomic mass is 9.85. The van der Waals surface area contributed by atoms with E-state index in [4.69, 9.17) is 10.1 Å². The van der Waals surface area contributed by atoms with Gasteiger partial charge >= 0.3 is 0 Å². The Kier molecular flexibility index (Phi) is 13.0. The van der Waals surface area contributed by atoms with Gasteiger partial charge in [-0.05, 0) is 105 Å². The molecule has 4 aliphatic heterocycles. The zero-order chi connectivity index (χ0) is 43.5. The van der Waals surface area contributed by atoms with Gasteiger partial charge in [-0.1, -0.05) is 73.9 Å². The molecule has 2 N–H and O–H groups in total. The van der Waals surface area contributed by atoms with Crippen molar-refractivity contribution in [2.75, 3.05) is 63.9 Å². The number of β-amino-alcohol motifs (C(OH)–C–C–N with tert-alkyl or cyclic N) is 1. The number of aromatic nitrogens is 3. The summed E-state index contributed by atoms with van der Waals surface area (Å²) in [5.41, 5.74) is 9.46. The number of carbonyl (C=O) groups excluding carboxylic acids is 3. The van der Waals surface area contributed by atoms with Gasteiger partial charge in [-0.25, -0.2) is 9.37 Å². The molecule has 0 spiro atoms. The predicted octanol–water partition coefficient (Wildman–Crippen LogP) is 6.76. The van der Waals surface area contributed by atoms with Crippen molar-refractivity contribution in [3.8, 4) is 22.4 Å². The first-order valence-corrected chi connectivity index (χ1v) is 23.1. The summed E-state index contributed by atoms with van der Waals surface area (Å²) in [6.07, 6.45) is 9.26. The number of piperazine rings is 1. The summed E-state index contributed by atoms with van der Waals surface area (Å²) in [6.45, 7) is 9.67. The first-order chi connectivity index (χ1) is 30.7. The normalized spacial score (nSPS) is 19.0. The molecule has 2 aromatic heterocycles. The van der Waals surface area contributed by atoms with Crippen LogP contribution in [0.1, 0.15) is 96.4 Å². The predicted molar refractivity (Wildman–Crippen MR) is 242 cm³/mol. The SMILES string of the molecule is Cc1nn2c(N3CCN(CCO)CC3)cc(-c3ccc(CCCCCCCN4CCC(c5cc(F)cc6c5CN(C5CCC(=O)NC5=O)C6=O)CC4)cc3)nc2c1-c1ccccc1. The van der Waals surface area contributed by atoms with E-state index in [9.17, 15) is 23.9 Å². The lowest BCUT2D eigenvalue weighted by Gasteiger charge is -2.35. The molecule has 3 amide bonds. The van der Waals surface area contributed by atoms with Gasteiger partial charge in [-0.3, -0.25) is 24.6 Å². The average Bonchev–Trinajstić information content (AvgIpc) is 3.81. The Labute approximate surface area is 369 Å². The minimum Gasteiger partial charge on any atom is -0.395 e. The van der Waals surface area contributed by atoms with Gasteiger partial charge in [0.25, 0.3) is 5.91 Å². The second-order valence-electron chi connectivity index (χ2n) is 17.9. The Morgan fingerprint density at radius 2 is 1.52 bits per heavy atom. The number of benzene rings is 3. The topological polar surface area (TPSA) is 127 Å². The van der Waals surface area contributed by atoms with Gasteiger partial charge in [0.05, 0.1) is 18.0 Å². The van der Waals surface area contributed by atoms with Gasteiger partial charge in [0, 0.05) is 68.4 Å². The highest BCUT2D eigenvalue weighted by Crippen LogP contribution is 2.38. The van der Waals surface area contributed by atoms with Crippen LogP contribution in [-0.4, -0.2) is 117 Å². The van der Waals surface area contributed by atoms with Gasteiger partial charge < -0.3 is 19.8 Å². The lowest BCUT2D eigenvalue weighted by Crippen LogP contribution is -2.52. The quantitative estimate of drug-likeness (QED) is 0.0869. The largest absolute Gasteiger partial charge is 0.395 e. The van der Waals surface area contributed by atoms with E-state index in [1.807, 2.05) is 10.6 Å². The van der Waals surface area contributed by atoms with Crippen molar-refractivity contribution in [1.29, 1.82) is 0 Å². The van der Waals surface area contributed by atoms with Crippen LogP contribution in [-0.2, 0) is 22.6 Å². The molecule has 1 unspecified atom stereocenters. The van der Waals surface area contributed by atoms with Gasteiger partial charge in [0.2, 0.25) is 11.8 Å². The second-order valence-corrected chi connectivity index (χ2v) is 17.9. The fourth-order valence-corrected chi connectivity index (χ4v) is 10.3. The number of halogens is 1. The number of amides is 3. The molecule has 0 radical (unpaired) electrons. The Hall–Kier alpha value is -5.50. The molecule has 13 heteroatoms. The number of aryl methyl sites for hydroxylation is 2. The molecule has 63 heavy (non-hydrogen) atoms. The Balaban J connectivity index is 0.748. The third-order valence-electron chi connectivity index (χ3n) is 13.8. The molecule has 5 aromatic rings. The van der Waals surface area contributed by atoms with Crippen molar-refractivity contribution in [2.45, 2.75) is 89.6 Å². The summed E-state index contributed by atoms with van der Waals surface area (Å²) in [4.78, 5) is 51.6. The van der Waals surface area contributed by atoms with Crippen LogP contribution in [0.2, 0.25) is 0 Å². The number of aliphatic hydroxyl groups excluding tert-OH is 1. The summed E-state index contributed by atoms with van der Waals surface area (Å²) < 4.78 is 16.9. The summed E-state index contributed by atoms with van der Waals surface area (Å²) in [6, 6.07) is 23.7. The van der Waals surface area contributed by atoms with E-state index >= 15 is 0 Å². The molecular weight excluding hydrogens is 796 g/mol. The van der Waals surface area contributed by atoms with Crippen LogP contribution in [0.4, 0.5) is 10.2 Å². The third kappa shape index (κ3) is 9.28. The number of imide groups is 1. The van der Waals surface area contributed by atoms with Crippen LogP contribution < -0.4 is 10.2 Å². The van der Waals surface area contributed by atoms with Crippen LogP contribution in [0, 0.1) is 12.7 Å². The van der Waals surface area contributed by atoms with Gasteiger partial charge in [-0.2, -0.15) is 9.61 Å². The summed E-state index contributed by atoms with van der Waals surface area (Å²) in [7, 11) is 0. The van der Waals surface area contributed by atoms with Crippen molar-refractivity contribution in [1.82, 2.24) is 34.6 Å². The zero-order valence-electron chi connectivity index (χ0n) is 36.4. The fraction of sp³-hybridized carbons (Fsp3) is 0.460. The molecule has 12 nitrogen and oxygen atoms in total. The maximum atomic E-state index is 14.9. The van der Waals surface area contributed by atoms with E-state index in [-0.39, 0.29) is 37.3 Å². The number of aliphatic hydroxyl groups is 1. The molecule has 3 saturated heterocycles. The minimum absolute atomic E-state index is 0.171. The number of anilines is 1. The number of hydrogen-bond donors (Lipinski definition) is 2. The molecule has 9 rings (SSSR count). The minimum atomic E-state index is -0.703. The first-order valence-electron chi connectivity index (χ1n) is 23.1. The van der Waals surface area contributed by atoms with Gasteiger partial charge in [-0.15, -0.1) is 0 Å². The molecule has 1 atom stereocenters. The highest BCUT2D eigenvalue weighted by molar-refractivity contribution is 6.05. The fourth-order valence-electron chi connectivity index (χ4n) is 10.3. The number of carbonyl (C=O) groups is 3. The highest BCUT2D eigenvalue weighted by Gasteiger charge is 2.41. The van der Waals surface area contributed by atoms with Crippen molar-refractivity contribution in [3.05, 3.63) is 107 Å². The lowest BCUT2D eigenvalue weighted by molar-refractivity contribution is -0.136. The third-order valence-corrected chi connectivity index (χ3v) is 13.8. The number of unbranched alkanes of at least 4 members (excludes halogenated alkanes) is 4. The number of nitrogens with zero attached hydrogens (tertiary/aromatic N) is 7. The average molecular weight is 855 g/mol. The molecule has 6 heterocycles. The van der Waals surface area contributed by atoms with Crippen molar-refractivity contribution >= 4 is 29.2 Å². The zero-order valence-corrected chi connectivity index (χ0v) is 36.4. The molecule has 4 aliphatic rings. The Bertz CT molecular complexity index is 2440. The summed E-state index contributed by atoms with van der Waals surface area (Å²) in [5.74, 6) is -0.283. The van der Waals surface area contributed by atoms with Crippen molar-refractivity contribution < 1.29 is 23.9 Å². The van der Waals surface area contributed by atoms with E-state index in [1.54, 1.807) is 6.07 Å². The number of likely N-dealkylation sites (tertiary alicyclic amines) is 1. The molecule has 0 saturated carbocycles. The molecule has 3 aromatic carbocycles. The van der Waals surface area contributed by atoms with Crippen LogP contribution in [0.3, 0.4) is 0 Å². The van der Waals surface area contributed by atoms with E-state index in [1.165, 1.54) is 35.8 Å². The monoisotopic (exact) mass is 854 g/mol. The Morgan fingerprint density at radius 1 is 0.794 bits per heavy atom. The van der Waals surface area contributed by atoms with Crippen LogP contribution in [0.25, 0.3) is 28.0 Å². The van der Waals surface area contributed by atoms with Crippen LogP contribution in [0.15, 0.2) is 72.8 Å². The summed E-state index contributed by atoms with van der Waals surface area (Å²) >= 11 is 0. The van der Waals surface area contributed by atoms with E-state index in [0.29, 0.717) is 18.5 Å². The summed E-state index contributed by atoms with van der Waals surface area (Å²) in [5, 5.41) is 16.9. The number of rotatable bonds is 15. The first kappa shape index (κ1) is 42.8. The number of fused-ring (bicyclic) bond motifs is 2. The molecule has 0 bridgehead atoms. The van der Waals surface area contributed by atoms with Crippen molar-refractivity contribution in [2.24, 2.45) is 0 Å². The highest BCUT2D eigenvalue weighted by atomic mass is 19.1. The van der Waals surface area contributed by atoms with Gasteiger partial charge in [0.1, 0.15) is 17.7 Å². The van der Waals surface area contributed by atoms with E-state index < -0.39 is 17.8 Å². The van der Waals surface area contributed by atoms with Crippen molar-refractivity contribution in [3.63, 3.8) is 0 Å². The standard InChI is InChI=1S/C50H59FN8O4/c1-34-47(38-11-7-5-8-12-38)48-52-43(32-46(59(48)54-34)57-26-24-56(25-27-57)28-29-60)37-15-13-35(14-16-37)10-6-3-2-4-9-21-55-22-19-36(20-23-55)40-30-39(51)31-41-42(40)33-58(50(41)63)44-17-18-45(61)53-49(44)62/h5,7-8,11-16,30-32,36,44,60H,2-4,6,9-10,17-29,33H2,1H3,(H,53,61,62). The Morgan fingerprint density at radius 3 is 2.27 bits per heavy atom. The van der Waals surface area contributed by atoms with Crippen LogP contribution in [0.5, 0.6) is 0 Å². The molecule has 330 valence electrons. The van der Waals surface area contributed by atoms with Crippen LogP contribution >= 0.6 is 0 Å². The molecule has 3 fully saturated rings. The maximum Gasteiger partial charge on any atom is 0.255 e. The number of piperidine rings is 2. The van der Waals surface area contributed by atoms with E-state index in [2.05, 4.69) is 81.5 Å². The molecule has 0 aliphatic carbocycles. The maximum absolute atomic E-state index is 14.9. The van der Waals surface area contributed by atoms with Gasteiger partial charge in [0.15, 0.2) is 5.65 Å². The number of hydrogen-bond acceptors (Lipinski definition) is 9. The van der Waals surface area contributed by atoms with E-state index in [0.717, 1.165) is 129 Å². The molecular formula is C50H59FN8O4. The second kappa shape index (κ2) is 19.1.